The molecule has 1 saturated heterocycles. The molecule has 1 fully saturated rings. The van der Waals surface area contributed by atoms with E-state index in [1.165, 1.54) is 6.07 Å². The molecule has 7 nitrogen and oxygen atoms in total. The number of benzene rings is 1. The quantitative estimate of drug-likeness (QED) is 0.548. The molecule has 0 saturated carbocycles. The van der Waals surface area contributed by atoms with Crippen LogP contribution in [-0.2, 0) is 4.79 Å². The number of carbonyl (C=O) groups excluding carboxylic acids is 1. The maximum absolute atomic E-state index is 11.8. The van der Waals surface area contributed by atoms with Gasteiger partial charge in [-0.25, -0.2) is 0 Å². The molecule has 20 heavy (non-hydrogen) atoms. The Morgan fingerprint density at radius 2 is 2.05 bits per heavy atom. The number of hydrogen-bond acceptors (Lipinski definition) is 5. The molecule has 1 amide bonds. The first-order valence-electron chi connectivity index (χ1n) is 6.64. The van der Waals surface area contributed by atoms with E-state index >= 15 is 0 Å². The van der Waals surface area contributed by atoms with Crippen LogP contribution < -0.4 is 16.0 Å². The fraction of sp³-hybridized carbons (Fsp3) is 0.462. The minimum atomic E-state index is -0.465. The van der Waals surface area contributed by atoms with Crippen LogP contribution in [0.2, 0.25) is 0 Å². The minimum absolute atomic E-state index is 0.0258. The SMILES string of the molecule is O=C(CNc1ccccc1[N+](=O)[O-])NC1CCNCC1. The highest BCUT2D eigenvalue weighted by atomic mass is 16.6. The lowest BCUT2D eigenvalue weighted by Crippen LogP contribution is -2.44. The van der Waals surface area contributed by atoms with Crippen molar-refractivity contribution in [2.45, 2.75) is 18.9 Å². The molecule has 0 bridgehead atoms. The predicted octanol–water partition coefficient (Wildman–Crippen LogP) is 0.875. The molecule has 1 aliphatic heterocycles. The largest absolute Gasteiger partial charge is 0.371 e. The molecule has 0 spiro atoms. The summed E-state index contributed by atoms with van der Waals surface area (Å²) in [5, 5.41) is 19.8. The molecule has 0 unspecified atom stereocenters. The van der Waals surface area contributed by atoms with Gasteiger partial charge in [-0.3, -0.25) is 14.9 Å². The number of nitro benzene ring substituents is 1. The van der Waals surface area contributed by atoms with Crippen molar-refractivity contribution in [1.29, 1.82) is 0 Å². The first-order valence-corrected chi connectivity index (χ1v) is 6.64. The number of nitrogens with zero attached hydrogens (tertiary/aromatic N) is 1. The number of para-hydroxylation sites is 2. The van der Waals surface area contributed by atoms with Crippen LogP contribution in [0.3, 0.4) is 0 Å². The van der Waals surface area contributed by atoms with Gasteiger partial charge in [-0.15, -0.1) is 0 Å². The monoisotopic (exact) mass is 278 g/mol. The van der Waals surface area contributed by atoms with E-state index in [0.717, 1.165) is 25.9 Å². The van der Waals surface area contributed by atoms with Gasteiger partial charge in [-0.2, -0.15) is 0 Å². The van der Waals surface area contributed by atoms with E-state index in [0.29, 0.717) is 5.69 Å². The van der Waals surface area contributed by atoms with Crippen molar-refractivity contribution in [3.05, 3.63) is 34.4 Å². The van der Waals surface area contributed by atoms with E-state index in [1.54, 1.807) is 18.2 Å². The highest BCUT2D eigenvalue weighted by molar-refractivity contribution is 5.81. The van der Waals surface area contributed by atoms with E-state index in [-0.39, 0.29) is 24.2 Å². The molecule has 0 radical (unpaired) electrons. The van der Waals surface area contributed by atoms with Crippen LogP contribution in [0.15, 0.2) is 24.3 Å². The Kier molecular flexibility index (Phi) is 4.89. The molecule has 108 valence electrons. The number of amides is 1. The van der Waals surface area contributed by atoms with Gasteiger partial charge in [0.25, 0.3) is 5.69 Å². The maximum atomic E-state index is 11.8. The predicted molar refractivity (Wildman–Crippen MR) is 75.6 cm³/mol. The third-order valence-electron chi connectivity index (χ3n) is 3.24. The standard InChI is InChI=1S/C13H18N4O3/c18-13(16-10-5-7-14-8-6-10)9-15-11-3-1-2-4-12(11)17(19)20/h1-4,10,14-15H,5-9H2,(H,16,18). The topological polar surface area (TPSA) is 96.3 Å². The van der Waals surface area contributed by atoms with E-state index < -0.39 is 4.92 Å². The van der Waals surface area contributed by atoms with Crippen LogP contribution in [0.1, 0.15) is 12.8 Å². The summed E-state index contributed by atoms with van der Waals surface area (Å²) >= 11 is 0. The molecular formula is C13H18N4O3. The number of rotatable bonds is 5. The molecule has 0 aliphatic carbocycles. The zero-order chi connectivity index (χ0) is 14.4. The Bertz CT molecular complexity index is 486. The number of hydrogen-bond donors (Lipinski definition) is 3. The lowest BCUT2D eigenvalue weighted by atomic mass is 10.1. The van der Waals surface area contributed by atoms with Crippen molar-refractivity contribution in [3.8, 4) is 0 Å². The van der Waals surface area contributed by atoms with Gasteiger partial charge in [-0.05, 0) is 32.0 Å². The summed E-state index contributed by atoms with van der Waals surface area (Å²) in [6.07, 6.45) is 1.83. The van der Waals surface area contributed by atoms with Gasteiger partial charge in [-0.1, -0.05) is 12.1 Å². The van der Waals surface area contributed by atoms with Crippen LogP contribution in [0.25, 0.3) is 0 Å². The molecule has 0 atom stereocenters. The average molecular weight is 278 g/mol. The van der Waals surface area contributed by atoms with Gasteiger partial charge in [0.05, 0.1) is 11.5 Å². The first-order chi connectivity index (χ1) is 9.66. The molecule has 1 heterocycles. The first kappa shape index (κ1) is 14.3. The Labute approximate surface area is 116 Å². The van der Waals surface area contributed by atoms with Crippen molar-refractivity contribution in [1.82, 2.24) is 10.6 Å². The summed E-state index contributed by atoms with van der Waals surface area (Å²) in [5.74, 6) is -0.143. The third-order valence-corrected chi connectivity index (χ3v) is 3.24. The summed E-state index contributed by atoms with van der Waals surface area (Å²) in [4.78, 5) is 22.2. The second-order valence-corrected chi connectivity index (χ2v) is 4.72. The van der Waals surface area contributed by atoms with Crippen LogP contribution in [-0.4, -0.2) is 36.5 Å². The summed E-state index contributed by atoms with van der Waals surface area (Å²) in [6.45, 7) is 1.85. The van der Waals surface area contributed by atoms with Crippen LogP contribution in [0, 0.1) is 10.1 Å². The summed E-state index contributed by atoms with van der Waals surface area (Å²) in [7, 11) is 0. The number of nitrogens with one attached hydrogen (secondary N) is 3. The van der Waals surface area contributed by atoms with Crippen molar-refractivity contribution in [2.24, 2.45) is 0 Å². The van der Waals surface area contributed by atoms with Crippen molar-refractivity contribution in [3.63, 3.8) is 0 Å². The Morgan fingerprint density at radius 1 is 1.35 bits per heavy atom. The second kappa shape index (κ2) is 6.85. The van der Waals surface area contributed by atoms with Crippen LogP contribution in [0.5, 0.6) is 0 Å². The summed E-state index contributed by atoms with van der Waals surface area (Å²) < 4.78 is 0. The van der Waals surface area contributed by atoms with Gasteiger partial charge < -0.3 is 16.0 Å². The minimum Gasteiger partial charge on any atom is -0.371 e. The van der Waals surface area contributed by atoms with Crippen LogP contribution >= 0.6 is 0 Å². The molecule has 2 rings (SSSR count). The number of carbonyl (C=O) groups is 1. The van der Waals surface area contributed by atoms with Crippen molar-refractivity contribution < 1.29 is 9.72 Å². The molecule has 0 aromatic heterocycles. The fourth-order valence-electron chi connectivity index (χ4n) is 2.20. The molecule has 1 aromatic carbocycles. The van der Waals surface area contributed by atoms with Crippen LogP contribution in [0.4, 0.5) is 11.4 Å². The zero-order valence-corrected chi connectivity index (χ0v) is 11.1. The molecular weight excluding hydrogens is 260 g/mol. The van der Waals surface area contributed by atoms with Gasteiger partial charge in [0.15, 0.2) is 0 Å². The summed E-state index contributed by atoms with van der Waals surface area (Å²) in [6, 6.07) is 6.48. The fourth-order valence-corrected chi connectivity index (χ4v) is 2.20. The van der Waals surface area contributed by atoms with Crippen molar-refractivity contribution >= 4 is 17.3 Å². The van der Waals surface area contributed by atoms with E-state index in [4.69, 9.17) is 0 Å². The Morgan fingerprint density at radius 3 is 2.75 bits per heavy atom. The zero-order valence-electron chi connectivity index (χ0n) is 11.1. The maximum Gasteiger partial charge on any atom is 0.292 e. The molecule has 1 aliphatic rings. The highest BCUT2D eigenvalue weighted by Crippen LogP contribution is 2.22. The lowest BCUT2D eigenvalue weighted by Gasteiger charge is -2.23. The van der Waals surface area contributed by atoms with Gasteiger partial charge in [0.2, 0.25) is 5.91 Å². The highest BCUT2D eigenvalue weighted by Gasteiger charge is 2.16. The molecule has 7 heteroatoms. The smallest absolute Gasteiger partial charge is 0.292 e. The van der Waals surface area contributed by atoms with Gasteiger partial charge in [0.1, 0.15) is 5.69 Å². The summed E-state index contributed by atoms with van der Waals surface area (Å²) in [5.41, 5.74) is 0.333. The van der Waals surface area contributed by atoms with Crippen molar-refractivity contribution in [2.75, 3.05) is 25.0 Å². The van der Waals surface area contributed by atoms with E-state index in [1.807, 2.05) is 0 Å². The molecule has 3 N–H and O–H groups in total. The lowest BCUT2D eigenvalue weighted by molar-refractivity contribution is -0.383. The van der Waals surface area contributed by atoms with E-state index in [9.17, 15) is 14.9 Å². The number of anilines is 1. The third kappa shape index (κ3) is 3.92. The van der Waals surface area contributed by atoms with Gasteiger partial charge >= 0.3 is 0 Å². The van der Waals surface area contributed by atoms with E-state index in [2.05, 4.69) is 16.0 Å². The number of piperidine rings is 1. The normalized spacial score (nSPS) is 15.6. The second-order valence-electron chi connectivity index (χ2n) is 4.72. The molecule has 1 aromatic rings. The number of nitro groups is 1. The Balaban J connectivity index is 1.85. The average Bonchev–Trinajstić information content (AvgIpc) is 2.46. The van der Waals surface area contributed by atoms with Gasteiger partial charge in [0, 0.05) is 12.1 Å². The Hall–Kier alpha value is -2.15.